The Morgan fingerprint density at radius 3 is 1.97 bits per heavy atom. The molecule has 0 aromatic carbocycles. The van der Waals surface area contributed by atoms with Crippen molar-refractivity contribution >= 4 is 5.69 Å². The van der Waals surface area contributed by atoms with Gasteiger partial charge in [0.1, 0.15) is 0 Å². The van der Waals surface area contributed by atoms with Crippen LogP contribution in [0.3, 0.4) is 0 Å². The van der Waals surface area contributed by atoms with Crippen LogP contribution < -0.4 is 5.73 Å². The summed E-state index contributed by atoms with van der Waals surface area (Å²) in [6.07, 6.45) is 2.18. The lowest BCUT2D eigenvalue weighted by molar-refractivity contribution is 0.0233. The Labute approximate surface area is 188 Å². The first-order valence-electron chi connectivity index (χ1n) is 11.7. The average molecular weight is 439 g/mol. The molecule has 0 spiro atoms. The summed E-state index contributed by atoms with van der Waals surface area (Å²) < 4.78 is 23.1. The molecule has 0 bridgehead atoms. The first kappa shape index (κ1) is 26.0. The van der Waals surface area contributed by atoms with Crippen LogP contribution in [-0.2, 0) is 25.5 Å². The van der Waals surface area contributed by atoms with Crippen molar-refractivity contribution in [1.29, 1.82) is 0 Å². The molecule has 1 fully saturated rings. The Kier molecular flexibility index (Phi) is 13.7. The fourth-order valence-corrected chi connectivity index (χ4v) is 3.61. The zero-order valence-electron chi connectivity index (χ0n) is 19.5. The van der Waals surface area contributed by atoms with Gasteiger partial charge in [-0.1, -0.05) is 6.92 Å². The lowest BCUT2D eigenvalue weighted by atomic mass is 10.2. The molecular formula is C23H42N4O4. The van der Waals surface area contributed by atoms with Crippen LogP contribution in [0.5, 0.6) is 0 Å². The second-order valence-electron chi connectivity index (χ2n) is 7.95. The molecule has 0 amide bonds. The third-order valence-electron chi connectivity index (χ3n) is 5.12. The smallest absolute Gasteiger partial charge is 0.0701 e. The summed E-state index contributed by atoms with van der Waals surface area (Å²) in [6.45, 7) is 14.9. The molecule has 1 aliphatic rings. The van der Waals surface area contributed by atoms with Crippen LogP contribution in [0.25, 0.3) is 0 Å². The molecule has 2 rings (SSSR count). The molecule has 8 nitrogen and oxygen atoms in total. The predicted molar refractivity (Wildman–Crippen MR) is 123 cm³/mol. The van der Waals surface area contributed by atoms with Gasteiger partial charge in [0.05, 0.1) is 51.9 Å². The molecule has 1 saturated heterocycles. The Morgan fingerprint density at radius 2 is 1.39 bits per heavy atom. The van der Waals surface area contributed by atoms with Crippen molar-refractivity contribution in [3.05, 3.63) is 23.5 Å². The lowest BCUT2D eigenvalue weighted by Crippen LogP contribution is -2.31. The van der Waals surface area contributed by atoms with Gasteiger partial charge in [-0.15, -0.1) is 0 Å². The SMILES string of the molecule is CCCN1CCCOCCOCCN(Cc2cc(N)cc(C)n2)CCOCCOCC1. The molecule has 8 heteroatoms. The number of ether oxygens (including phenoxy) is 4. The number of rotatable bonds is 4. The van der Waals surface area contributed by atoms with E-state index in [1.165, 1.54) is 0 Å². The van der Waals surface area contributed by atoms with Gasteiger partial charge in [-0.3, -0.25) is 9.88 Å². The number of hydrogen-bond donors (Lipinski definition) is 1. The maximum Gasteiger partial charge on any atom is 0.0701 e. The summed E-state index contributed by atoms with van der Waals surface area (Å²) >= 11 is 0. The Hall–Kier alpha value is -1.29. The second kappa shape index (κ2) is 16.4. The molecule has 1 aromatic rings. The zero-order chi connectivity index (χ0) is 22.2. The van der Waals surface area contributed by atoms with E-state index in [0.717, 1.165) is 82.4 Å². The number of pyridine rings is 1. The van der Waals surface area contributed by atoms with E-state index in [2.05, 4.69) is 21.7 Å². The van der Waals surface area contributed by atoms with Crippen molar-refractivity contribution in [3.63, 3.8) is 0 Å². The summed E-state index contributed by atoms with van der Waals surface area (Å²) in [5.41, 5.74) is 8.64. The van der Waals surface area contributed by atoms with Crippen molar-refractivity contribution in [3.8, 4) is 0 Å². The number of nitrogen functional groups attached to an aromatic ring is 1. The van der Waals surface area contributed by atoms with Gasteiger partial charge in [0.2, 0.25) is 0 Å². The highest BCUT2D eigenvalue weighted by Crippen LogP contribution is 2.10. The first-order valence-corrected chi connectivity index (χ1v) is 11.7. The van der Waals surface area contributed by atoms with Gasteiger partial charge < -0.3 is 29.6 Å². The number of aromatic nitrogens is 1. The molecule has 1 aromatic heterocycles. The molecular weight excluding hydrogens is 396 g/mol. The van der Waals surface area contributed by atoms with Crippen LogP contribution in [0, 0.1) is 6.92 Å². The number of anilines is 1. The fraction of sp³-hybridized carbons (Fsp3) is 0.783. The van der Waals surface area contributed by atoms with Gasteiger partial charge in [-0.2, -0.15) is 0 Å². The largest absolute Gasteiger partial charge is 0.399 e. The van der Waals surface area contributed by atoms with Gasteiger partial charge in [0.25, 0.3) is 0 Å². The van der Waals surface area contributed by atoms with Gasteiger partial charge in [0.15, 0.2) is 0 Å². The second-order valence-corrected chi connectivity index (χ2v) is 7.95. The maximum atomic E-state index is 5.99. The molecule has 0 saturated carbocycles. The van der Waals surface area contributed by atoms with Crippen LogP contribution in [-0.4, -0.2) is 100 Å². The number of nitrogens with zero attached hydrogens (tertiary/aromatic N) is 3. The fourth-order valence-electron chi connectivity index (χ4n) is 3.61. The van der Waals surface area contributed by atoms with Crippen LogP contribution in [0.2, 0.25) is 0 Å². The number of hydrogen-bond acceptors (Lipinski definition) is 8. The molecule has 0 radical (unpaired) electrons. The molecule has 31 heavy (non-hydrogen) atoms. The van der Waals surface area contributed by atoms with Crippen molar-refractivity contribution in [2.24, 2.45) is 0 Å². The van der Waals surface area contributed by atoms with E-state index < -0.39 is 0 Å². The summed E-state index contributed by atoms with van der Waals surface area (Å²) in [6, 6.07) is 3.82. The highest BCUT2D eigenvalue weighted by molar-refractivity contribution is 5.39. The van der Waals surface area contributed by atoms with Crippen molar-refractivity contribution in [2.45, 2.75) is 33.2 Å². The van der Waals surface area contributed by atoms with Crippen molar-refractivity contribution in [1.82, 2.24) is 14.8 Å². The molecule has 1 aliphatic heterocycles. The number of nitrogens with two attached hydrogens (primary N) is 1. The van der Waals surface area contributed by atoms with Crippen LogP contribution >= 0.6 is 0 Å². The summed E-state index contributed by atoms with van der Waals surface area (Å²) in [5.74, 6) is 0. The van der Waals surface area contributed by atoms with Crippen molar-refractivity contribution < 1.29 is 18.9 Å². The monoisotopic (exact) mass is 438 g/mol. The van der Waals surface area contributed by atoms with Crippen molar-refractivity contribution in [2.75, 3.05) is 91.3 Å². The maximum absolute atomic E-state index is 5.99. The normalized spacial score (nSPS) is 20.6. The Bertz CT molecular complexity index is 570. The summed E-state index contributed by atoms with van der Waals surface area (Å²) in [5, 5.41) is 0. The average Bonchev–Trinajstić information content (AvgIpc) is 2.72. The highest BCUT2D eigenvalue weighted by atomic mass is 16.5. The molecule has 0 atom stereocenters. The topological polar surface area (TPSA) is 82.3 Å². The predicted octanol–water partition coefficient (Wildman–Crippen LogP) is 1.96. The highest BCUT2D eigenvalue weighted by Gasteiger charge is 2.09. The van der Waals surface area contributed by atoms with Gasteiger partial charge in [-0.25, -0.2) is 0 Å². The first-order chi connectivity index (χ1) is 15.2. The third kappa shape index (κ3) is 12.4. The third-order valence-corrected chi connectivity index (χ3v) is 5.12. The standard InChI is InChI=1S/C23H42N4O4/c1-3-5-26-6-4-10-28-14-15-30-12-8-27(9-13-31-17-16-29-11-7-26)20-23-19-22(24)18-21(2)25-23/h18-19H,3-17,20H2,1-2H3,(H2,24,25). The van der Waals surface area contributed by atoms with E-state index in [1.54, 1.807) is 0 Å². The Balaban J connectivity index is 1.81. The van der Waals surface area contributed by atoms with Gasteiger partial charge in [-0.05, 0) is 38.4 Å². The minimum absolute atomic E-state index is 0.613. The molecule has 178 valence electrons. The van der Waals surface area contributed by atoms with E-state index in [-0.39, 0.29) is 0 Å². The molecule has 2 heterocycles. The van der Waals surface area contributed by atoms with Gasteiger partial charge >= 0.3 is 0 Å². The van der Waals surface area contributed by atoms with Crippen LogP contribution in [0.4, 0.5) is 5.69 Å². The minimum Gasteiger partial charge on any atom is -0.399 e. The van der Waals surface area contributed by atoms with E-state index in [4.69, 9.17) is 24.7 Å². The van der Waals surface area contributed by atoms with E-state index >= 15 is 0 Å². The lowest BCUT2D eigenvalue weighted by Gasteiger charge is -2.22. The van der Waals surface area contributed by atoms with E-state index in [0.29, 0.717) is 39.6 Å². The van der Waals surface area contributed by atoms with E-state index in [1.807, 2.05) is 19.1 Å². The molecule has 2 N–H and O–H groups in total. The summed E-state index contributed by atoms with van der Waals surface area (Å²) in [7, 11) is 0. The Morgan fingerprint density at radius 1 is 0.806 bits per heavy atom. The number of aryl methyl sites for hydroxylation is 1. The van der Waals surface area contributed by atoms with Crippen LogP contribution in [0.1, 0.15) is 31.2 Å². The quantitative estimate of drug-likeness (QED) is 0.764. The van der Waals surface area contributed by atoms with Crippen LogP contribution in [0.15, 0.2) is 12.1 Å². The molecule has 0 unspecified atom stereocenters. The molecule has 0 aliphatic carbocycles. The minimum atomic E-state index is 0.613. The van der Waals surface area contributed by atoms with Gasteiger partial charge in [0, 0.05) is 50.7 Å². The summed E-state index contributed by atoms with van der Waals surface area (Å²) in [4.78, 5) is 9.34. The zero-order valence-corrected chi connectivity index (χ0v) is 19.5. The van der Waals surface area contributed by atoms with E-state index in [9.17, 15) is 0 Å².